The molecule has 1 aliphatic carbocycles. The Kier molecular flexibility index (Phi) is 6.58. The average molecular weight is 480 g/mol. The van der Waals surface area contributed by atoms with E-state index >= 15 is 0 Å². The summed E-state index contributed by atoms with van der Waals surface area (Å²) in [6, 6.07) is 5.90. The van der Waals surface area contributed by atoms with Gasteiger partial charge in [0.05, 0.1) is 18.8 Å². The van der Waals surface area contributed by atoms with E-state index in [1.807, 2.05) is 26.0 Å². The molecule has 0 N–H and O–H groups in total. The first-order valence-electron chi connectivity index (χ1n) is 12.8. The molecule has 5 heterocycles. The molecule has 8 nitrogen and oxygen atoms in total. The Morgan fingerprint density at radius 2 is 1.57 bits per heavy atom. The summed E-state index contributed by atoms with van der Waals surface area (Å²) in [7, 11) is 1.67. The molecule has 0 radical (unpaired) electrons. The third-order valence-corrected chi connectivity index (χ3v) is 6.92. The number of alkyl halides is 1. The van der Waals surface area contributed by atoms with Crippen LogP contribution >= 0.6 is 0 Å². The molecule has 3 aliphatic rings. The molecular formula is C26H34FN7O. The van der Waals surface area contributed by atoms with Crippen LogP contribution in [-0.4, -0.2) is 66.3 Å². The minimum absolute atomic E-state index is 0.301. The van der Waals surface area contributed by atoms with Gasteiger partial charge in [0.25, 0.3) is 0 Å². The third-order valence-electron chi connectivity index (χ3n) is 6.92. The highest BCUT2D eigenvalue weighted by Crippen LogP contribution is 2.49. The molecule has 2 saturated heterocycles. The van der Waals surface area contributed by atoms with E-state index in [9.17, 15) is 4.39 Å². The maximum Gasteiger partial charge on any atom is 0.171 e. The van der Waals surface area contributed by atoms with Crippen LogP contribution in [0.2, 0.25) is 0 Å². The zero-order chi connectivity index (χ0) is 24.4. The Balaban J connectivity index is 0.00000124. The van der Waals surface area contributed by atoms with Gasteiger partial charge in [-0.05, 0) is 43.9 Å². The highest BCUT2D eigenvalue weighted by atomic mass is 19.1. The van der Waals surface area contributed by atoms with Crippen LogP contribution in [0.1, 0.15) is 45.4 Å². The number of rotatable bonds is 5. The highest BCUT2D eigenvalue weighted by molar-refractivity contribution is 5.91. The van der Waals surface area contributed by atoms with Crippen molar-refractivity contribution in [3.63, 3.8) is 0 Å². The average Bonchev–Trinajstić information content (AvgIpc) is 3.44. The van der Waals surface area contributed by atoms with Gasteiger partial charge >= 0.3 is 0 Å². The van der Waals surface area contributed by atoms with Crippen molar-refractivity contribution in [2.24, 2.45) is 0 Å². The Morgan fingerprint density at radius 1 is 0.886 bits per heavy atom. The molecule has 0 bridgehead atoms. The van der Waals surface area contributed by atoms with Crippen LogP contribution in [0.3, 0.4) is 0 Å². The molecule has 2 aliphatic heterocycles. The summed E-state index contributed by atoms with van der Waals surface area (Å²) in [5.41, 5.74) is -0.671. The van der Waals surface area contributed by atoms with Crippen molar-refractivity contribution in [1.29, 1.82) is 0 Å². The second kappa shape index (κ2) is 9.79. The van der Waals surface area contributed by atoms with Crippen LogP contribution in [0.15, 0.2) is 30.6 Å². The lowest BCUT2D eigenvalue weighted by atomic mass is 10.2. The normalized spacial score (nSPS) is 18.9. The van der Waals surface area contributed by atoms with Crippen LogP contribution in [0.5, 0.6) is 5.75 Å². The maximum absolute atomic E-state index is 15.0. The Labute approximate surface area is 206 Å². The zero-order valence-electron chi connectivity index (χ0n) is 20.9. The number of ether oxygens (including phenoxy) is 1. The number of fused-ring (bicyclic) bond motifs is 1. The summed E-state index contributed by atoms with van der Waals surface area (Å²) in [6.45, 7) is 9.10. The standard InChI is InChI=1S/C24H28FN7O.C2H6/c1-33-19-5-4-8-26-22(19)32-13-11-31(12-14-32)21-17-15-20(30-9-2-3-10-30)27-16-18(17)28-23(29-21)24(25)6-7-24;1-2/h4-5,8,15-16H,2-3,6-7,9-14H2,1H3;1-2H3. The van der Waals surface area contributed by atoms with Crippen molar-refractivity contribution in [2.45, 2.75) is 45.2 Å². The molecule has 0 spiro atoms. The van der Waals surface area contributed by atoms with Crippen molar-refractivity contribution in [3.8, 4) is 5.75 Å². The van der Waals surface area contributed by atoms with Gasteiger partial charge in [0.2, 0.25) is 0 Å². The molecule has 3 fully saturated rings. The van der Waals surface area contributed by atoms with Gasteiger partial charge in [-0.3, -0.25) is 0 Å². The summed E-state index contributed by atoms with van der Waals surface area (Å²) in [5, 5.41) is 0.948. The number of pyridine rings is 2. The summed E-state index contributed by atoms with van der Waals surface area (Å²) < 4.78 is 20.5. The minimum atomic E-state index is -1.39. The SMILES string of the molecule is CC.COc1cccnc1N1CCN(c2nc(C3(F)CC3)nc3cnc(N4CCCC4)cc23)CC1. The van der Waals surface area contributed by atoms with Gasteiger partial charge in [0.15, 0.2) is 23.1 Å². The second-order valence-electron chi connectivity index (χ2n) is 9.09. The number of hydrogen-bond acceptors (Lipinski definition) is 8. The predicted molar refractivity (Wildman–Crippen MR) is 137 cm³/mol. The summed E-state index contributed by atoms with van der Waals surface area (Å²) in [5.74, 6) is 3.70. The fraction of sp³-hybridized carbons (Fsp3) is 0.538. The minimum Gasteiger partial charge on any atom is -0.493 e. The van der Waals surface area contributed by atoms with E-state index in [4.69, 9.17) is 9.72 Å². The monoisotopic (exact) mass is 479 g/mol. The van der Waals surface area contributed by atoms with E-state index in [0.29, 0.717) is 18.7 Å². The van der Waals surface area contributed by atoms with Gasteiger partial charge < -0.3 is 19.4 Å². The smallest absolute Gasteiger partial charge is 0.171 e. The van der Waals surface area contributed by atoms with E-state index in [1.54, 1.807) is 19.5 Å². The van der Waals surface area contributed by atoms with Gasteiger partial charge in [-0.2, -0.15) is 0 Å². The largest absolute Gasteiger partial charge is 0.493 e. The zero-order valence-corrected chi connectivity index (χ0v) is 20.9. The Morgan fingerprint density at radius 3 is 2.23 bits per heavy atom. The van der Waals surface area contributed by atoms with E-state index in [2.05, 4.69) is 35.7 Å². The quantitative estimate of drug-likeness (QED) is 0.535. The molecule has 0 amide bonds. The van der Waals surface area contributed by atoms with Crippen LogP contribution in [0.4, 0.5) is 21.8 Å². The van der Waals surface area contributed by atoms with E-state index in [-0.39, 0.29) is 0 Å². The van der Waals surface area contributed by atoms with Crippen molar-refractivity contribution in [3.05, 3.63) is 36.4 Å². The van der Waals surface area contributed by atoms with E-state index in [1.165, 1.54) is 12.8 Å². The lowest BCUT2D eigenvalue weighted by Gasteiger charge is -2.37. The number of nitrogens with zero attached hydrogens (tertiary/aromatic N) is 7. The van der Waals surface area contributed by atoms with Crippen LogP contribution in [-0.2, 0) is 5.67 Å². The second-order valence-corrected chi connectivity index (χ2v) is 9.09. The molecule has 186 valence electrons. The van der Waals surface area contributed by atoms with Crippen molar-refractivity contribution >= 4 is 28.4 Å². The Hall–Kier alpha value is -3.23. The molecule has 9 heteroatoms. The van der Waals surface area contributed by atoms with Gasteiger partial charge in [0, 0.05) is 50.9 Å². The number of piperazine rings is 1. The Bertz CT molecular complexity index is 1170. The predicted octanol–water partition coefficient (Wildman–Crippen LogP) is 4.34. The first kappa shape index (κ1) is 23.5. The van der Waals surface area contributed by atoms with Gasteiger partial charge in [-0.15, -0.1) is 0 Å². The van der Waals surface area contributed by atoms with Crippen molar-refractivity contribution < 1.29 is 9.13 Å². The highest BCUT2D eigenvalue weighted by Gasteiger charge is 2.48. The number of hydrogen-bond donors (Lipinski definition) is 0. The summed E-state index contributed by atoms with van der Waals surface area (Å²) >= 11 is 0. The van der Waals surface area contributed by atoms with Crippen LogP contribution in [0, 0.1) is 0 Å². The molecule has 3 aromatic rings. The van der Waals surface area contributed by atoms with Crippen LogP contribution < -0.4 is 19.4 Å². The number of anilines is 3. The summed E-state index contributed by atoms with van der Waals surface area (Å²) in [6.07, 6.45) is 6.93. The molecular weight excluding hydrogens is 445 g/mol. The lowest BCUT2D eigenvalue weighted by molar-refractivity contribution is 0.301. The van der Waals surface area contributed by atoms with Crippen LogP contribution in [0.25, 0.3) is 10.9 Å². The van der Waals surface area contributed by atoms with Gasteiger partial charge in [-0.1, -0.05) is 13.8 Å². The van der Waals surface area contributed by atoms with Gasteiger partial charge in [0.1, 0.15) is 11.6 Å². The van der Waals surface area contributed by atoms with E-state index in [0.717, 1.165) is 73.4 Å². The fourth-order valence-corrected chi connectivity index (χ4v) is 4.81. The molecule has 0 unspecified atom stereocenters. The molecule has 35 heavy (non-hydrogen) atoms. The number of aromatic nitrogens is 4. The topological polar surface area (TPSA) is 70.5 Å². The fourth-order valence-electron chi connectivity index (χ4n) is 4.81. The lowest BCUT2D eigenvalue weighted by Crippen LogP contribution is -2.47. The third kappa shape index (κ3) is 4.56. The number of halogens is 1. The maximum atomic E-state index is 15.0. The summed E-state index contributed by atoms with van der Waals surface area (Å²) in [4.78, 5) is 25.3. The van der Waals surface area contributed by atoms with Gasteiger partial charge in [-0.25, -0.2) is 24.3 Å². The molecule has 1 saturated carbocycles. The molecule has 3 aromatic heterocycles. The molecule has 0 aromatic carbocycles. The van der Waals surface area contributed by atoms with Crippen molar-refractivity contribution in [2.75, 3.05) is 61.1 Å². The molecule has 6 rings (SSSR count). The molecule has 0 atom stereocenters. The first-order valence-corrected chi connectivity index (χ1v) is 12.8. The number of methoxy groups -OCH3 is 1. The van der Waals surface area contributed by atoms with Crippen molar-refractivity contribution in [1.82, 2.24) is 19.9 Å². The van der Waals surface area contributed by atoms with E-state index < -0.39 is 5.67 Å². The first-order chi connectivity index (χ1) is 17.1.